The SMILES string of the molecule is COC(=O)c1sccc1S(=O)(=O)N1CCCSC[C@H]1CN(C)C. The minimum absolute atomic E-state index is 0.0602. The van der Waals surface area contributed by atoms with E-state index in [0.29, 0.717) is 13.1 Å². The second-order valence-corrected chi connectivity index (χ2v) is 9.49. The Labute approximate surface area is 145 Å². The summed E-state index contributed by atoms with van der Waals surface area (Å²) < 4.78 is 32.5. The van der Waals surface area contributed by atoms with Crippen LogP contribution in [0.4, 0.5) is 0 Å². The van der Waals surface area contributed by atoms with E-state index in [2.05, 4.69) is 0 Å². The van der Waals surface area contributed by atoms with Crippen LogP contribution < -0.4 is 0 Å². The molecule has 1 saturated heterocycles. The maximum atomic E-state index is 13.1. The van der Waals surface area contributed by atoms with Crippen molar-refractivity contribution < 1.29 is 17.9 Å². The molecule has 6 nitrogen and oxygen atoms in total. The van der Waals surface area contributed by atoms with Crippen molar-refractivity contribution >= 4 is 39.1 Å². The maximum Gasteiger partial charge on any atom is 0.349 e. The second-order valence-electron chi connectivity index (χ2n) is 5.57. The minimum Gasteiger partial charge on any atom is -0.465 e. The van der Waals surface area contributed by atoms with Gasteiger partial charge < -0.3 is 9.64 Å². The molecule has 0 saturated carbocycles. The van der Waals surface area contributed by atoms with Crippen LogP contribution in [0, 0.1) is 0 Å². The van der Waals surface area contributed by atoms with Gasteiger partial charge >= 0.3 is 5.97 Å². The van der Waals surface area contributed by atoms with Crippen LogP contribution in [0.15, 0.2) is 16.3 Å². The van der Waals surface area contributed by atoms with Crippen molar-refractivity contribution in [3.8, 4) is 0 Å². The maximum absolute atomic E-state index is 13.1. The van der Waals surface area contributed by atoms with E-state index in [-0.39, 0.29) is 15.8 Å². The zero-order valence-electron chi connectivity index (χ0n) is 13.5. The molecule has 1 aromatic rings. The number of hydrogen-bond donors (Lipinski definition) is 0. The van der Waals surface area contributed by atoms with Crippen LogP contribution >= 0.6 is 23.1 Å². The van der Waals surface area contributed by atoms with Crippen molar-refractivity contribution in [2.45, 2.75) is 17.4 Å². The third-order valence-corrected chi connectivity index (χ3v) is 7.76. The van der Waals surface area contributed by atoms with Gasteiger partial charge in [-0.3, -0.25) is 0 Å². The molecule has 130 valence electrons. The summed E-state index contributed by atoms with van der Waals surface area (Å²) in [5, 5.41) is 1.62. The molecule has 1 aliphatic rings. The minimum atomic E-state index is -3.72. The van der Waals surface area contributed by atoms with Crippen LogP contribution in [-0.2, 0) is 14.8 Å². The van der Waals surface area contributed by atoms with Crippen LogP contribution in [0.1, 0.15) is 16.1 Å². The fourth-order valence-electron chi connectivity index (χ4n) is 2.56. The first-order valence-electron chi connectivity index (χ1n) is 7.28. The van der Waals surface area contributed by atoms with Gasteiger partial charge in [0.2, 0.25) is 10.0 Å². The molecular formula is C14H22N2O4S3. The van der Waals surface area contributed by atoms with E-state index in [9.17, 15) is 13.2 Å². The topological polar surface area (TPSA) is 66.9 Å². The van der Waals surface area contributed by atoms with E-state index >= 15 is 0 Å². The number of ether oxygens (including phenoxy) is 1. The summed E-state index contributed by atoms with van der Waals surface area (Å²) in [7, 11) is 1.41. The van der Waals surface area contributed by atoms with E-state index in [1.54, 1.807) is 21.4 Å². The molecule has 0 N–H and O–H groups in total. The van der Waals surface area contributed by atoms with Gasteiger partial charge in [0, 0.05) is 24.9 Å². The average molecular weight is 379 g/mol. The number of sulfonamides is 1. The van der Waals surface area contributed by atoms with Crippen LogP contribution in [0.5, 0.6) is 0 Å². The molecule has 9 heteroatoms. The quantitative estimate of drug-likeness (QED) is 0.725. The molecule has 0 bridgehead atoms. The Bertz CT molecular complexity index is 642. The van der Waals surface area contributed by atoms with Gasteiger partial charge in [0.05, 0.1) is 7.11 Å². The first-order chi connectivity index (χ1) is 10.9. The van der Waals surface area contributed by atoms with Gasteiger partial charge in [-0.15, -0.1) is 11.3 Å². The molecule has 1 aliphatic heterocycles. The molecule has 0 amide bonds. The lowest BCUT2D eigenvalue weighted by Crippen LogP contribution is -2.46. The summed E-state index contributed by atoms with van der Waals surface area (Å²) in [6.07, 6.45) is 0.811. The Morgan fingerprint density at radius 1 is 1.48 bits per heavy atom. The molecule has 2 heterocycles. The first-order valence-corrected chi connectivity index (χ1v) is 10.8. The number of rotatable bonds is 5. The van der Waals surface area contributed by atoms with Crippen molar-refractivity contribution in [3.63, 3.8) is 0 Å². The molecule has 1 aromatic heterocycles. The molecule has 0 aromatic carbocycles. The van der Waals surface area contributed by atoms with Gasteiger partial charge in [-0.25, -0.2) is 13.2 Å². The Balaban J connectivity index is 2.39. The highest BCUT2D eigenvalue weighted by Crippen LogP contribution is 2.29. The molecule has 0 spiro atoms. The van der Waals surface area contributed by atoms with E-state index in [1.165, 1.54) is 13.2 Å². The molecule has 1 fully saturated rings. The van der Waals surface area contributed by atoms with Crippen molar-refractivity contribution in [2.75, 3.05) is 45.8 Å². The molecular weight excluding hydrogens is 356 g/mol. The average Bonchev–Trinajstić information content (AvgIpc) is 2.88. The van der Waals surface area contributed by atoms with E-state index in [0.717, 1.165) is 29.3 Å². The number of likely N-dealkylation sites (N-methyl/N-ethyl adjacent to an activating group) is 1. The van der Waals surface area contributed by atoms with Gasteiger partial charge in [-0.2, -0.15) is 16.1 Å². The molecule has 1 atom stereocenters. The van der Waals surface area contributed by atoms with Gasteiger partial charge in [-0.05, 0) is 37.7 Å². The zero-order valence-corrected chi connectivity index (χ0v) is 16.0. The number of nitrogens with zero attached hydrogens (tertiary/aromatic N) is 2. The predicted molar refractivity (Wildman–Crippen MR) is 93.8 cm³/mol. The monoisotopic (exact) mass is 378 g/mol. The lowest BCUT2D eigenvalue weighted by atomic mass is 10.3. The van der Waals surface area contributed by atoms with Crippen molar-refractivity contribution in [2.24, 2.45) is 0 Å². The van der Waals surface area contributed by atoms with Gasteiger partial charge in [0.15, 0.2) is 0 Å². The summed E-state index contributed by atoms with van der Waals surface area (Å²) in [4.78, 5) is 14.0. The molecule has 0 radical (unpaired) electrons. The number of esters is 1. The Hall–Kier alpha value is -0.610. The van der Waals surface area contributed by atoms with Crippen molar-refractivity contribution in [1.82, 2.24) is 9.21 Å². The highest BCUT2D eigenvalue weighted by Gasteiger charge is 2.36. The van der Waals surface area contributed by atoms with Crippen molar-refractivity contribution in [1.29, 1.82) is 0 Å². The second kappa shape index (κ2) is 7.98. The number of thiophene rings is 1. The molecule has 23 heavy (non-hydrogen) atoms. The standard InChI is InChI=1S/C14H22N2O4S3/c1-15(2)9-11-10-21-7-4-6-16(11)23(18,19)12-5-8-22-13(12)14(17)20-3/h5,8,11H,4,6-7,9-10H2,1-3H3/t11-/m1/s1. The summed E-state index contributed by atoms with van der Waals surface area (Å²) >= 11 is 2.87. The third-order valence-electron chi connectivity index (χ3n) is 3.55. The number of hydrogen-bond acceptors (Lipinski definition) is 7. The van der Waals surface area contributed by atoms with Crippen molar-refractivity contribution in [3.05, 3.63) is 16.3 Å². The number of thioether (sulfide) groups is 1. The lowest BCUT2D eigenvalue weighted by molar-refractivity contribution is 0.0602. The number of carbonyl (C=O) groups excluding carboxylic acids is 1. The van der Waals surface area contributed by atoms with Gasteiger partial charge in [-0.1, -0.05) is 0 Å². The number of methoxy groups -OCH3 is 1. The van der Waals surface area contributed by atoms with E-state index in [1.807, 2.05) is 19.0 Å². The van der Waals surface area contributed by atoms with Crippen LogP contribution in [0.2, 0.25) is 0 Å². The fourth-order valence-corrected chi connectivity index (χ4v) is 6.67. The van der Waals surface area contributed by atoms with Gasteiger partial charge in [0.1, 0.15) is 9.77 Å². The predicted octanol–water partition coefficient (Wildman–Crippen LogP) is 1.59. The lowest BCUT2D eigenvalue weighted by Gasteiger charge is -2.30. The highest BCUT2D eigenvalue weighted by atomic mass is 32.2. The fraction of sp³-hybridized carbons (Fsp3) is 0.643. The third kappa shape index (κ3) is 4.27. The van der Waals surface area contributed by atoms with E-state index < -0.39 is 16.0 Å². The summed E-state index contributed by atoms with van der Waals surface area (Å²) in [6, 6.07) is 1.39. The molecule has 0 aliphatic carbocycles. The largest absolute Gasteiger partial charge is 0.465 e. The Morgan fingerprint density at radius 2 is 2.22 bits per heavy atom. The summed E-state index contributed by atoms with van der Waals surface area (Å²) in [6.45, 7) is 1.13. The number of carbonyl (C=O) groups is 1. The van der Waals surface area contributed by atoms with Crippen LogP contribution in [-0.4, -0.2) is 75.4 Å². The smallest absolute Gasteiger partial charge is 0.349 e. The van der Waals surface area contributed by atoms with Gasteiger partial charge in [0.25, 0.3) is 0 Å². The highest BCUT2D eigenvalue weighted by molar-refractivity contribution is 7.99. The van der Waals surface area contributed by atoms with Crippen LogP contribution in [0.25, 0.3) is 0 Å². The summed E-state index contributed by atoms with van der Waals surface area (Å²) in [5.41, 5.74) is 0. The summed E-state index contributed by atoms with van der Waals surface area (Å²) in [5.74, 6) is 1.10. The Kier molecular flexibility index (Phi) is 6.49. The molecule has 2 rings (SSSR count). The van der Waals surface area contributed by atoms with Crippen LogP contribution in [0.3, 0.4) is 0 Å². The molecule has 0 unspecified atom stereocenters. The van der Waals surface area contributed by atoms with E-state index in [4.69, 9.17) is 4.74 Å². The first kappa shape index (κ1) is 18.7. The normalized spacial score (nSPS) is 20.4. The Morgan fingerprint density at radius 3 is 2.87 bits per heavy atom. The zero-order chi connectivity index (χ0) is 17.0.